The van der Waals surface area contributed by atoms with Gasteiger partial charge in [0, 0.05) is 13.1 Å². The number of carbonyl (C=O) groups is 1. The van der Waals surface area contributed by atoms with E-state index >= 15 is 0 Å². The highest BCUT2D eigenvalue weighted by Crippen LogP contribution is 2.13. The van der Waals surface area contributed by atoms with Crippen LogP contribution in [0.2, 0.25) is 0 Å². The van der Waals surface area contributed by atoms with E-state index in [0.717, 1.165) is 5.46 Å². The lowest BCUT2D eigenvalue weighted by atomic mass is 9.98. The fraction of sp³-hybridized carbons (Fsp3) is 0.333. The maximum absolute atomic E-state index is 10.6. The number of hydrogen-bond acceptors (Lipinski definition) is 4. The molecule has 4 nitrogen and oxygen atoms in total. The topological polar surface area (TPSA) is 48.4 Å². The zero-order chi connectivity index (χ0) is 10.6. The van der Waals surface area contributed by atoms with Crippen LogP contribution >= 0.6 is 0 Å². The summed E-state index contributed by atoms with van der Waals surface area (Å²) in [4.78, 5) is 14.7. The van der Waals surface area contributed by atoms with Gasteiger partial charge in [-0.05, 0) is 6.07 Å². The Morgan fingerprint density at radius 3 is 2.93 bits per heavy atom. The fourth-order valence-corrected chi connectivity index (χ4v) is 1.03. The number of esters is 1. The molecule has 0 amide bonds. The molecule has 0 atom stereocenters. The van der Waals surface area contributed by atoms with Gasteiger partial charge in [-0.15, -0.1) is 0 Å². The van der Waals surface area contributed by atoms with E-state index in [1.54, 1.807) is 13.3 Å². The summed E-state index contributed by atoms with van der Waals surface area (Å²) >= 11 is 0. The van der Waals surface area contributed by atoms with Crippen molar-refractivity contribution in [3.05, 3.63) is 18.0 Å². The molecule has 1 aromatic heterocycles. The third kappa shape index (κ3) is 2.76. The van der Waals surface area contributed by atoms with Crippen LogP contribution in [-0.4, -0.2) is 25.9 Å². The van der Waals surface area contributed by atoms with Crippen molar-refractivity contribution < 1.29 is 14.3 Å². The molecule has 74 valence electrons. The lowest BCUT2D eigenvalue weighted by molar-refractivity contribution is -0.142. The summed E-state index contributed by atoms with van der Waals surface area (Å²) in [6.07, 6.45) is 1.71. The molecule has 1 aromatic rings. The van der Waals surface area contributed by atoms with Gasteiger partial charge in [0.2, 0.25) is 0 Å². The Morgan fingerprint density at radius 2 is 2.36 bits per heavy atom. The molecule has 0 spiro atoms. The van der Waals surface area contributed by atoms with Crippen LogP contribution in [0.25, 0.3) is 0 Å². The molecule has 0 unspecified atom stereocenters. The summed E-state index contributed by atoms with van der Waals surface area (Å²) in [7, 11) is 3.48. The highest BCUT2D eigenvalue weighted by Gasteiger charge is 2.05. The van der Waals surface area contributed by atoms with Crippen molar-refractivity contribution in [1.82, 2.24) is 4.98 Å². The molecule has 5 heteroatoms. The lowest BCUT2D eigenvalue weighted by Gasteiger charge is -2.07. The monoisotopic (exact) mass is 193 g/mol. The van der Waals surface area contributed by atoms with E-state index in [9.17, 15) is 4.79 Å². The highest BCUT2D eigenvalue weighted by molar-refractivity contribution is 6.32. The van der Waals surface area contributed by atoms with Gasteiger partial charge in [0.05, 0.1) is 7.11 Å². The third-order valence-electron chi connectivity index (χ3n) is 1.70. The quantitative estimate of drug-likeness (QED) is 0.475. The first kappa shape index (κ1) is 10.6. The average Bonchev–Trinajstić information content (AvgIpc) is 2.15. The summed E-state index contributed by atoms with van der Waals surface area (Å²) in [6.45, 7) is 1.51. The number of aromatic nitrogens is 1. The minimum absolute atomic E-state index is 0.152. The Kier molecular flexibility index (Phi) is 3.51. The zero-order valence-corrected chi connectivity index (χ0v) is 8.53. The Bertz CT molecular complexity index is 341. The molecule has 1 heterocycles. The molecule has 0 saturated heterocycles. The zero-order valence-electron chi connectivity index (χ0n) is 8.53. The minimum atomic E-state index is -0.325. The number of hydrogen-bond donors (Lipinski definition) is 0. The van der Waals surface area contributed by atoms with Crippen molar-refractivity contribution in [1.29, 1.82) is 0 Å². The van der Waals surface area contributed by atoms with Gasteiger partial charge in [0.15, 0.2) is 0 Å². The first-order valence-corrected chi connectivity index (χ1v) is 4.26. The predicted molar refractivity (Wildman–Crippen MR) is 54.4 cm³/mol. The van der Waals surface area contributed by atoms with Crippen molar-refractivity contribution in [3.8, 4) is 5.75 Å². The summed E-state index contributed by atoms with van der Waals surface area (Å²) in [5.41, 5.74) is 1.64. The first-order valence-electron chi connectivity index (χ1n) is 4.26. The van der Waals surface area contributed by atoms with Crippen LogP contribution in [0.5, 0.6) is 5.75 Å². The molecule has 0 fully saturated rings. The molecular formula is C9H12BNO3. The molecule has 0 aliphatic carbocycles. The van der Waals surface area contributed by atoms with Crippen LogP contribution in [0.3, 0.4) is 0 Å². The van der Waals surface area contributed by atoms with E-state index in [1.165, 1.54) is 6.92 Å². The summed E-state index contributed by atoms with van der Waals surface area (Å²) < 4.78 is 9.93. The van der Waals surface area contributed by atoms with Crippen molar-refractivity contribution in [2.75, 3.05) is 7.11 Å². The number of methoxy groups -OCH3 is 1. The van der Waals surface area contributed by atoms with Gasteiger partial charge in [-0.1, -0.05) is 5.46 Å². The lowest BCUT2D eigenvalue weighted by Crippen LogP contribution is -2.09. The normalized spacial score (nSPS) is 9.57. The molecule has 0 aliphatic heterocycles. The van der Waals surface area contributed by atoms with Gasteiger partial charge >= 0.3 is 5.97 Å². The van der Waals surface area contributed by atoms with Crippen LogP contribution in [0.15, 0.2) is 12.3 Å². The van der Waals surface area contributed by atoms with E-state index in [4.69, 9.17) is 9.47 Å². The Hall–Kier alpha value is -1.52. The summed E-state index contributed by atoms with van der Waals surface area (Å²) in [5, 5.41) is 0. The van der Waals surface area contributed by atoms with Gasteiger partial charge in [-0.2, -0.15) is 0 Å². The van der Waals surface area contributed by atoms with Gasteiger partial charge < -0.3 is 9.47 Å². The minimum Gasteiger partial charge on any atom is -0.495 e. The van der Waals surface area contributed by atoms with E-state index in [0.29, 0.717) is 11.4 Å². The highest BCUT2D eigenvalue weighted by atomic mass is 16.5. The van der Waals surface area contributed by atoms with E-state index in [1.807, 2.05) is 13.9 Å². The molecule has 14 heavy (non-hydrogen) atoms. The molecule has 0 saturated carbocycles. The molecular weight excluding hydrogens is 181 g/mol. The fourth-order valence-electron chi connectivity index (χ4n) is 1.03. The first-order chi connectivity index (χ1) is 6.63. The molecule has 0 aromatic carbocycles. The van der Waals surface area contributed by atoms with E-state index in [2.05, 4.69) is 4.98 Å². The Balaban J connectivity index is 2.80. The third-order valence-corrected chi connectivity index (χ3v) is 1.70. The van der Waals surface area contributed by atoms with Gasteiger partial charge in [-0.3, -0.25) is 9.78 Å². The van der Waals surface area contributed by atoms with Crippen LogP contribution in [0.1, 0.15) is 12.6 Å². The summed E-state index contributed by atoms with van der Waals surface area (Å²) in [5.74, 6) is 0.320. The average molecular weight is 193 g/mol. The van der Waals surface area contributed by atoms with Gasteiger partial charge in [-0.25, -0.2) is 0 Å². The van der Waals surface area contributed by atoms with Crippen molar-refractivity contribution in [2.45, 2.75) is 13.5 Å². The maximum Gasteiger partial charge on any atom is 0.303 e. The molecule has 0 radical (unpaired) electrons. The molecule has 0 N–H and O–H groups in total. The van der Waals surface area contributed by atoms with E-state index < -0.39 is 0 Å². The molecule has 0 bridgehead atoms. The molecule has 0 aliphatic rings. The van der Waals surface area contributed by atoms with Crippen LogP contribution in [0.4, 0.5) is 0 Å². The second-order valence-corrected chi connectivity index (χ2v) is 2.94. The number of pyridine rings is 1. The van der Waals surface area contributed by atoms with Gasteiger partial charge in [0.25, 0.3) is 0 Å². The molecule has 1 rings (SSSR count). The Labute approximate surface area is 83.7 Å². The van der Waals surface area contributed by atoms with Crippen molar-refractivity contribution in [2.24, 2.45) is 0 Å². The smallest absolute Gasteiger partial charge is 0.303 e. The van der Waals surface area contributed by atoms with Crippen LogP contribution in [0, 0.1) is 0 Å². The second-order valence-electron chi connectivity index (χ2n) is 2.94. The van der Waals surface area contributed by atoms with Crippen molar-refractivity contribution >= 4 is 19.3 Å². The maximum atomic E-state index is 10.6. The number of rotatable bonds is 3. The SMILES string of the molecule is Bc1cnc(COC(C)=O)c(OC)c1. The Morgan fingerprint density at radius 1 is 1.64 bits per heavy atom. The van der Waals surface area contributed by atoms with Crippen molar-refractivity contribution in [3.63, 3.8) is 0 Å². The van der Waals surface area contributed by atoms with Crippen LogP contribution in [-0.2, 0) is 16.1 Å². The van der Waals surface area contributed by atoms with Gasteiger partial charge in [0.1, 0.15) is 25.9 Å². The standard InChI is InChI=1S/C9H12BNO3/c1-6(12)14-5-8-9(13-2)3-7(10)4-11-8/h3-4H,5,10H2,1-2H3. The number of nitrogens with zero attached hydrogens (tertiary/aromatic N) is 1. The largest absolute Gasteiger partial charge is 0.495 e. The second kappa shape index (κ2) is 4.65. The number of ether oxygens (including phenoxy) is 2. The summed E-state index contributed by atoms with van der Waals surface area (Å²) in [6, 6.07) is 1.85. The number of carbonyl (C=O) groups excluding carboxylic acids is 1. The predicted octanol–water partition coefficient (Wildman–Crippen LogP) is -0.588. The van der Waals surface area contributed by atoms with Crippen LogP contribution < -0.4 is 10.2 Å². The van der Waals surface area contributed by atoms with E-state index in [-0.39, 0.29) is 12.6 Å².